The molecule has 1 aromatic heterocycles. The number of ether oxygens (including phenoxy) is 1. The van der Waals surface area contributed by atoms with E-state index in [0.29, 0.717) is 5.92 Å². The standard InChI is InChI=1S/C22H33N3O2/c1-22(2,3)27-20(26)7-5-14-25-15-12-17(16-25)8-10-19-11-9-18-6-4-13-23-21(18)24-19/h5,7,9,11,17H,4,6,8,10,12-16H2,1-3H3,(H,23,24)/b7-5+/t17-/m1/s1. The zero-order chi connectivity index (χ0) is 19.3. The third-order valence-corrected chi connectivity index (χ3v) is 5.15. The molecule has 0 amide bonds. The molecule has 0 saturated carbocycles. The molecule has 1 saturated heterocycles. The fourth-order valence-corrected chi connectivity index (χ4v) is 3.81. The zero-order valence-corrected chi connectivity index (χ0v) is 17.0. The molecule has 0 bridgehead atoms. The lowest BCUT2D eigenvalue weighted by Crippen LogP contribution is -2.23. The molecule has 1 atom stereocenters. The van der Waals surface area contributed by atoms with Crippen molar-refractivity contribution in [1.29, 1.82) is 0 Å². The fraction of sp³-hybridized carbons (Fsp3) is 0.636. The third-order valence-electron chi connectivity index (χ3n) is 5.15. The number of anilines is 1. The normalized spacial score (nSPS) is 20.5. The van der Waals surface area contributed by atoms with Gasteiger partial charge in [-0.25, -0.2) is 9.78 Å². The van der Waals surface area contributed by atoms with Crippen LogP contribution in [0.3, 0.4) is 0 Å². The number of carbonyl (C=O) groups is 1. The van der Waals surface area contributed by atoms with E-state index in [4.69, 9.17) is 9.72 Å². The number of hydrogen-bond acceptors (Lipinski definition) is 5. The molecule has 1 aromatic rings. The smallest absolute Gasteiger partial charge is 0.330 e. The van der Waals surface area contributed by atoms with Crippen LogP contribution in [0.4, 0.5) is 5.82 Å². The third kappa shape index (κ3) is 6.35. The van der Waals surface area contributed by atoms with Gasteiger partial charge in [-0.15, -0.1) is 0 Å². The Morgan fingerprint density at radius 1 is 1.41 bits per heavy atom. The van der Waals surface area contributed by atoms with Gasteiger partial charge in [0.25, 0.3) is 0 Å². The van der Waals surface area contributed by atoms with Gasteiger partial charge in [0, 0.05) is 31.4 Å². The van der Waals surface area contributed by atoms with Crippen molar-refractivity contribution in [2.45, 2.75) is 58.5 Å². The average molecular weight is 372 g/mol. The Labute approximate surface area is 163 Å². The second kappa shape index (κ2) is 8.87. The number of likely N-dealkylation sites (tertiary alicyclic amines) is 1. The summed E-state index contributed by atoms with van der Waals surface area (Å²) in [5.41, 5.74) is 2.13. The number of rotatable bonds is 6. The van der Waals surface area contributed by atoms with Crippen LogP contribution >= 0.6 is 0 Å². The van der Waals surface area contributed by atoms with E-state index in [-0.39, 0.29) is 5.97 Å². The van der Waals surface area contributed by atoms with Gasteiger partial charge >= 0.3 is 5.97 Å². The summed E-state index contributed by atoms with van der Waals surface area (Å²) in [5.74, 6) is 1.55. The second-order valence-electron chi connectivity index (χ2n) is 8.73. The van der Waals surface area contributed by atoms with Gasteiger partial charge in [-0.3, -0.25) is 4.90 Å². The molecular formula is C22H33N3O2. The SMILES string of the molecule is CC(C)(C)OC(=O)/C=C/CN1CC[C@@H](CCc2ccc3c(n2)NCCC3)C1. The Kier molecular flexibility index (Phi) is 6.53. The molecule has 0 unspecified atom stereocenters. The monoisotopic (exact) mass is 371 g/mol. The summed E-state index contributed by atoms with van der Waals surface area (Å²) in [4.78, 5) is 18.9. The number of aryl methyl sites for hydroxylation is 2. The van der Waals surface area contributed by atoms with Gasteiger partial charge in [0.15, 0.2) is 0 Å². The van der Waals surface area contributed by atoms with Gasteiger partial charge in [0.05, 0.1) is 0 Å². The minimum absolute atomic E-state index is 0.259. The molecule has 2 aliphatic heterocycles. The average Bonchev–Trinajstić information content (AvgIpc) is 3.06. The number of aromatic nitrogens is 1. The van der Waals surface area contributed by atoms with E-state index in [1.54, 1.807) is 6.08 Å². The maximum absolute atomic E-state index is 11.7. The zero-order valence-electron chi connectivity index (χ0n) is 17.0. The van der Waals surface area contributed by atoms with Gasteiger partial charge in [-0.1, -0.05) is 12.1 Å². The van der Waals surface area contributed by atoms with E-state index >= 15 is 0 Å². The van der Waals surface area contributed by atoms with Crippen molar-refractivity contribution in [3.05, 3.63) is 35.5 Å². The molecule has 2 aliphatic rings. The summed E-state index contributed by atoms with van der Waals surface area (Å²) in [6.07, 6.45) is 9.27. The van der Waals surface area contributed by atoms with Crippen LogP contribution in [0.25, 0.3) is 0 Å². The molecule has 0 spiro atoms. The van der Waals surface area contributed by atoms with Crippen LogP contribution in [0.5, 0.6) is 0 Å². The van der Waals surface area contributed by atoms with Gasteiger partial charge in [-0.05, 0) is 77.0 Å². The highest BCUT2D eigenvalue weighted by Crippen LogP contribution is 2.24. The first-order valence-corrected chi connectivity index (χ1v) is 10.2. The first kappa shape index (κ1) is 19.9. The molecule has 148 valence electrons. The van der Waals surface area contributed by atoms with E-state index in [1.807, 2.05) is 26.8 Å². The largest absolute Gasteiger partial charge is 0.457 e. The maximum atomic E-state index is 11.7. The molecule has 5 heteroatoms. The lowest BCUT2D eigenvalue weighted by molar-refractivity contribution is -0.148. The number of nitrogens with zero attached hydrogens (tertiary/aromatic N) is 2. The quantitative estimate of drug-likeness (QED) is 0.612. The van der Waals surface area contributed by atoms with Crippen molar-refractivity contribution in [3.8, 4) is 0 Å². The lowest BCUT2D eigenvalue weighted by atomic mass is 10.00. The van der Waals surface area contributed by atoms with Crippen LogP contribution in [0.15, 0.2) is 24.3 Å². The molecule has 27 heavy (non-hydrogen) atoms. The van der Waals surface area contributed by atoms with Crippen LogP contribution in [0.2, 0.25) is 0 Å². The summed E-state index contributed by atoms with van der Waals surface area (Å²) >= 11 is 0. The Morgan fingerprint density at radius 2 is 2.26 bits per heavy atom. The van der Waals surface area contributed by atoms with E-state index in [0.717, 1.165) is 44.8 Å². The molecule has 1 fully saturated rings. The Hall–Kier alpha value is -1.88. The van der Waals surface area contributed by atoms with Gasteiger partial charge < -0.3 is 10.1 Å². The number of carbonyl (C=O) groups excluding carboxylic acids is 1. The molecule has 3 rings (SSSR count). The topological polar surface area (TPSA) is 54.5 Å². The van der Waals surface area contributed by atoms with Gasteiger partial charge in [0.1, 0.15) is 11.4 Å². The molecular weight excluding hydrogens is 338 g/mol. The minimum atomic E-state index is -0.430. The van der Waals surface area contributed by atoms with Crippen LogP contribution in [-0.4, -0.2) is 47.6 Å². The van der Waals surface area contributed by atoms with Crippen molar-refractivity contribution < 1.29 is 9.53 Å². The summed E-state index contributed by atoms with van der Waals surface area (Å²) < 4.78 is 5.29. The highest BCUT2D eigenvalue weighted by atomic mass is 16.6. The molecule has 5 nitrogen and oxygen atoms in total. The second-order valence-corrected chi connectivity index (χ2v) is 8.73. The van der Waals surface area contributed by atoms with E-state index in [1.165, 1.54) is 30.5 Å². The highest BCUT2D eigenvalue weighted by molar-refractivity contribution is 5.82. The Morgan fingerprint density at radius 3 is 3.07 bits per heavy atom. The van der Waals surface area contributed by atoms with Crippen molar-refractivity contribution >= 4 is 11.8 Å². The molecule has 0 aliphatic carbocycles. The summed E-state index contributed by atoms with van der Waals surface area (Å²) in [6.45, 7) is 9.71. The number of esters is 1. The molecule has 1 N–H and O–H groups in total. The summed E-state index contributed by atoms with van der Waals surface area (Å²) in [7, 11) is 0. The Balaban J connectivity index is 1.39. The van der Waals surface area contributed by atoms with Gasteiger partial charge in [-0.2, -0.15) is 0 Å². The van der Waals surface area contributed by atoms with E-state index < -0.39 is 5.60 Å². The first-order valence-electron chi connectivity index (χ1n) is 10.2. The van der Waals surface area contributed by atoms with Gasteiger partial charge in [0.2, 0.25) is 0 Å². The first-order chi connectivity index (χ1) is 12.9. The van der Waals surface area contributed by atoms with Crippen LogP contribution < -0.4 is 5.32 Å². The number of hydrogen-bond donors (Lipinski definition) is 1. The summed E-state index contributed by atoms with van der Waals surface area (Å²) in [6, 6.07) is 4.44. The number of pyridine rings is 1. The van der Waals surface area contributed by atoms with Crippen molar-refractivity contribution in [2.24, 2.45) is 5.92 Å². The van der Waals surface area contributed by atoms with Crippen molar-refractivity contribution in [2.75, 3.05) is 31.5 Å². The van der Waals surface area contributed by atoms with Crippen LogP contribution in [-0.2, 0) is 22.4 Å². The van der Waals surface area contributed by atoms with Crippen LogP contribution in [0, 0.1) is 5.92 Å². The van der Waals surface area contributed by atoms with Crippen LogP contribution in [0.1, 0.15) is 51.3 Å². The summed E-state index contributed by atoms with van der Waals surface area (Å²) in [5, 5.41) is 3.42. The van der Waals surface area contributed by atoms with E-state index in [2.05, 4.69) is 22.3 Å². The predicted molar refractivity (Wildman–Crippen MR) is 109 cm³/mol. The minimum Gasteiger partial charge on any atom is -0.457 e. The van der Waals surface area contributed by atoms with Crippen molar-refractivity contribution in [3.63, 3.8) is 0 Å². The Bertz CT molecular complexity index is 679. The molecule has 3 heterocycles. The molecule has 0 radical (unpaired) electrons. The number of nitrogens with one attached hydrogen (secondary N) is 1. The van der Waals surface area contributed by atoms with E-state index in [9.17, 15) is 4.79 Å². The lowest BCUT2D eigenvalue weighted by Gasteiger charge is -2.18. The highest BCUT2D eigenvalue weighted by Gasteiger charge is 2.22. The van der Waals surface area contributed by atoms with Crippen molar-refractivity contribution in [1.82, 2.24) is 9.88 Å². The fourth-order valence-electron chi connectivity index (χ4n) is 3.81. The number of fused-ring (bicyclic) bond motifs is 1. The predicted octanol–water partition coefficient (Wildman–Crippen LogP) is 3.59. The maximum Gasteiger partial charge on any atom is 0.330 e. The molecule has 0 aromatic carbocycles.